The Balaban J connectivity index is 1.69. The second kappa shape index (κ2) is 8.13. The summed E-state index contributed by atoms with van der Waals surface area (Å²) in [6, 6.07) is 9.60. The maximum Gasteiger partial charge on any atom is 0.248 e. The summed E-state index contributed by atoms with van der Waals surface area (Å²) in [5, 5.41) is 6.48. The van der Waals surface area contributed by atoms with Crippen molar-refractivity contribution >= 4 is 17.7 Å². The van der Waals surface area contributed by atoms with E-state index in [0.717, 1.165) is 5.56 Å². The fourth-order valence-electron chi connectivity index (χ4n) is 2.42. The molecule has 0 aliphatic heterocycles. The van der Waals surface area contributed by atoms with Gasteiger partial charge < -0.3 is 14.8 Å². The van der Waals surface area contributed by atoms with Gasteiger partial charge in [0.05, 0.1) is 14.2 Å². The quantitative estimate of drug-likeness (QED) is 0.677. The number of carbonyl (C=O) groups is 1. The molecule has 0 fully saturated rings. The van der Waals surface area contributed by atoms with Crippen LogP contribution in [0.25, 0.3) is 11.8 Å². The Morgan fingerprint density at radius 1 is 1.15 bits per heavy atom. The molecule has 0 atom stereocenters. The van der Waals surface area contributed by atoms with Crippen LogP contribution in [-0.2, 0) is 4.79 Å². The van der Waals surface area contributed by atoms with Crippen molar-refractivity contribution in [3.8, 4) is 17.2 Å². The summed E-state index contributed by atoms with van der Waals surface area (Å²) in [7, 11) is 3.09. The van der Waals surface area contributed by atoms with E-state index in [1.165, 1.54) is 42.7 Å². The molecule has 0 unspecified atom stereocenters. The van der Waals surface area contributed by atoms with Gasteiger partial charge in [0.2, 0.25) is 5.91 Å². The number of methoxy groups -OCH3 is 2. The molecule has 3 aromatic rings. The van der Waals surface area contributed by atoms with Crippen molar-refractivity contribution in [3.05, 3.63) is 66.5 Å². The summed E-state index contributed by atoms with van der Waals surface area (Å²) in [4.78, 5) is 15.9. The standard InChI is InChI=1S/C19H17FN4O3/c1-26-17-7-3-13(9-18(17)27-2)4-8-19(25)23-14-5-6-16(15(20)10-14)24-12-21-11-22-24/h3-12H,1-2H3,(H,23,25)/b8-4-. The lowest BCUT2D eigenvalue weighted by molar-refractivity contribution is -0.111. The predicted molar refractivity (Wildman–Crippen MR) is 98.5 cm³/mol. The van der Waals surface area contributed by atoms with Crippen LogP contribution in [0.1, 0.15) is 5.56 Å². The van der Waals surface area contributed by atoms with Gasteiger partial charge in [0.1, 0.15) is 18.3 Å². The molecule has 0 saturated heterocycles. The molecule has 1 amide bonds. The summed E-state index contributed by atoms with van der Waals surface area (Å²) in [5.74, 6) is 0.243. The Hall–Kier alpha value is -3.68. The molecule has 138 valence electrons. The Morgan fingerprint density at radius 2 is 1.96 bits per heavy atom. The van der Waals surface area contributed by atoms with Gasteiger partial charge in [0.25, 0.3) is 0 Å². The van der Waals surface area contributed by atoms with Crippen LogP contribution in [0.3, 0.4) is 0 Å². The van der Waals surface area contributed by atoms with E-state index in [1.54, 1.807) is 37.5 Å². The third kappa shape index (κ3) is 4.30. The monoisotopic (exact) mass is 368 g/mol. The number of hydrogen-bond donors (Lipinski definition) is 1. The highest BCUT2D eigenvalue weighted by atomic mass is 19.1. The molecule has 0 radical (unpaired) electrons. The van der Waals surface area contributed by atoms with Gasteiger partial charge in [-0.25, -0.2) is 14.1 Å². The van der Waals surface area contributed by atoms with Gasteiger partial charge in [-0.05, 0) is 42.0 Å². The minimum Gasteiger partial charge on any atom is -0.493 e. The van der Waals surface area contributed by atoms with Gasteiger partial charge in [-0.1, -0.05) is 6.07 Å². The summed E-state index contributed by atoms with van der Waals surface area (Å²) in [6.07, 6.45) is 5.68. The number of nitrogens with one attached hydrogen (secondary N) is 1. The first-order valence-corrected chi connectivity index (χ1v) is 7.96. The molecular formula is C19H17FN4O3. The van der Waals surface area contributed by atoms with Gasteiger partial charge in [-0.15, -0.1) is 0 Å². The normalized spacial score (nSPS) is 10.8. The van der Waals surface area contributed by atoms with Crippen LogP contribution in [0.5, 0.6) is 11.5 Å². The molecule has 1 heterocycles. The number of benzene rings is 2. The number of carbonyl (C=O) groups excluding carboxylic acids is 1. The number of ether oxygens (including phenoxy) is 2. The van der Waals surface area contributed by atoms with E-state index in [1.807, 2.05) is 0 Å². The molecule has 3 rings (SSSR count). The Morgan fingerprint density at radius 3 is 2.63 bits per heavy atom. The molecular weight excluding hydrogens is 351 g/mol. The first-order valence-electron chi connectivity index (χ1n) is 7.96. The number of anilines is 1. The second-order valence-electron chi connectivity index (χ2n) is 5.44. The zero-order chi connectivity index (χ0) is 19.2. The van der Waals surface area contributed by atoms with Crippen LogP contribution in [-0.4, -0.2) is 34.9 Å². The second-order valence-corrected chi connectivity index (χ2v) is 5.44. The van der Waals surface area contributed by atoms with E-state index < -0.39 is 11.7 Å². The molecule has 1 N–H and O–H groups in total. The SMILES string of the molecule is COc1ccc(/C=C\C(=O)Nc2ccc(-n3cncn3)c(F)c2)cc1OC. The molecule has 8 heteroatoms. The summed E-state index contributed by atoms with van der Waals surface area (Å²) in [6.45, 7) is 0. The lowest BCUT2D eigenvalue weighted by atomic mass is 10.2. The van der Waals surface area contributed by atoms with Crippen molar-refractivity contribution < 1.29 is 18.7 Å². The number of hydrogen-bond acceptors (Lipinski definition) is 5. The zero-order valence-corrected chi connectivity index (χ0v) is 14.7. The van der Waals surface area contributed by atoms with Gasteiger partial charge in [0.15, 0.2) is 17.3 Å². The highest BCUT2D eigenvalue weighted by Gasteiger charge is 2.08. The van der Waals surface area contributed by atoms with E-state index in [4.69, 9.17) is 9.47 Å². The minimum atomic E-state index is -0.526. The largest absolute Gasteiger partial charge is 0.493 e. The van der Waals surface area contributed by atoms with Crippen LogP contribution in [0.2, 0.25) is 0 Å². The van der Waals surface area contributed by atoms with E-state index in [0.29, 0.717) is 17.2 Å². The average Bonchev–Trinajstić information content (AvgIpc) is 3.20. The highest BCUT2D eigenvalue weighted by molar-refractivity contribution is 6.02. The van der Waals surface area contributed by atoms with Crippen LogP contribution < -0.4 is 14.8 Å². The van der Waals surface area contributed by atoms with Crippen molar-refractivity contribution in [1.29, 1.82) is 0 Å². The lowest BCUT2D eigenvalue weighted by Gasteiger charge is -2.08. The van der Waals surface area contributed by atoms with E-state index in [9.17, 15) is 9.18 Å². The van der Waals surface area contributed by atoms with Crippen molar-refractivity contribution in [2.75, 3.05) is 19.5 Å². The summed E-state index contributed by atoms with van der Waals surface area (Å²) >= 11 is 0. The average molecular weight is 368 g/mol. The van der Waals surface area contributed by atoms with Crippen LogP contribution in [0.4, 0.5) is 10.1 Å². The lowest BCUT2D eigenvalue weighted by Crippen LogP contribution is -2.08. The fraction of sp³-hybridized carbons (Fsp3) is 0.105. The van der Waals surface area contributed by atoms with Crippen molar-refractivity contribution in [3.63, 3.8) is 0 Å². The van der Waals surface area contributed by atoms with Crippen LogP contribution >= 0.6 is 0 Å². The van der Waals surface area contributed by atoms with Crippen molar-refractivity contribution in [2.24, 2.45) is 0 Å². The smallest absolute Gasteiger partial charge is 0.248 e. The van der Waals surface area contributed by atoms with Crippen molar-refractivity contribution in [2.45, 2.75) is 0 Å². The van der Waals surface area contributed by atoms with Gasteiger partial charge in [-0.2, -0.15) is 5.10 Å². The van der Waals surface area contributed by atoms with Gasteiger partial charge >= 0.3 is 0 Å². The first kappa shape index (κ1) is 18.1. The molecule has 27 heavy (non-hydrogen) atoms. The third-order valence-electron chi connectivity index (χ3n) is 3.72. The van der Waals surface area contributed by atoms with Gasteiger partial charge in [-0.3, -0.25) is 4.79 Å². The molecule has 2 aromatic carbocycles. The van der Waals surface area contributed by atoms with E-state index in [2.05, 4.69) is 15.4 Å². The highest BCUT2D eigenvalue weighted by Crippen LogP contribution is 2.28. The Bertz CT molecular complexity index is 971. The van der Waals surface area contributed by atoms with Crippen LogP contribution in [0.15, 0.2) is 55.1 Å². The van der Waals surface area contributed by atoms with Crippen LogP contribution in [0, 0.1) is 5.82 Å². The van der Waals surface area contributed by atoms with E-state index >= 15 is 0 Å². The first-order chi connectivity index (χ1) is 13.1. The zero-order valence-electron chi connectivity index (χ0n) is 14.7. The molecule has 0 aliphatic carbocycles. The predicted octanol–water partition coefficient (Wildman–Crippen LogP) is 3.08. The van der Waals surface area contributed by atoms with E-state index in [-0.39, 0.29) is 5.69 Å². The third-order valence-corrected chi connectivity index (χ3v) is 3.72. The number of aromatic nitrogens is 3. The maximum absolute atomic E-state index is 14.2. The number of nitrogens with zero attached hydrogens (tertiary/aromatic N) is 3. The minimum absolute atomic E-state index is 0.242. The maximum atomic E-state index is 14.2. The number of amides is 1. The summed E-state index contributed by atoms with van der Waals surface area (Å²) in [5.41, 5.74) is 1.33. The van der Waals surface area contributed by atoms with Crippen molar-refractivity contribution in [1.82, 2.24) is 14.8 Å². The number of halogens is 1. The molecule has 0 bridgehead atoms. The Kier molecular flexibility index (Phi) is 5.46. The molecule has 0 aliphatic rings. The number of rotatable bonds is 6. The summed E-state index contributed by atoms with van der Waals surface area (Å²) < 4.78 is 25.9. The fourth-order valence-corrected chi connectivity index (χ4v) is 2.42. The molecule has 1 aromatic heterocycles. The van der Waals surface area contributed by atoms with Gasteiger partial charge in [0, 0.05) is 11.8 Å². The molecule has 0 saturated carbocycles. The topological polar surface area (TPSA) is 78.3 Å². The molecule has 0 spiro atoms. The molecule has 7 nitrogen and oxygen atoms in total. The Labute approximate surface area is 155 Å².